The predicted molar refractivity (Wildman–Crippen MR) is 63.1 cm³/mol. The second-order valence-corrected chi connectivity index (χ2v) is 5.09. The Morgan fingerprint density at radius 2 is 2.18 bits per heavy atom. The van der Waals surface area contributed by atoms with Gasteiger partial charge in [0.05, 0.1) is 12.5 Å². The molecule has 0 aliphatic rings. The summed E-state index contributed by atoms with van der Waals surface area (Å²) in [6.45, 7) is 7.21. The van der Waals surface area contributed by atoms with Gasteiger partial charge in [0.25, 0.3) is 0 Å². The Labute approximate surface area is 99.6 Å². The third-order valence-electron chi connectivity index (χ3n) is 2.37. The lowest BCUT2D eigenvalue weighted by atomic mass is 9.92. The van der Waals surface area contributed by atoms with Gasteiger partial charge in [0.2, 0.25) is 11.8 Å². The highest BCUT2D eigenvalue weighted by Crippen LogP contribution is 2.29. The van der Waals surface area contributed by atoms with Crippen LogP contribution in [0.3, 0.4) is 0 Å². The maximum Gasteiger partial charge on any atom is 0.236 e. The van der Waals surface area contributed by atoms with Gasteiger partial charge in [0.1, 0.15) is 12.0 Å². The summed E-state index contributed by atoms with van der Waals surface area (Å²) in [6, 6.07) is -0.609. The van der Waals surface area contributed by atoms with Crippen molar-refractivity contribution in [1.82, 2.24) is 9.55 Å². The van der Waals surface area contributed by atoms with Crippen molar-refractivity contribution in [2.45, 2.75) is 45.6 Å². The van der Waals surface area contributed by atoms with Crippen LogP contribution in [0.5, 0.6) is 5.88 Å². The van der Waals surface area contributed by atoms with Crippen LogP contribution in [-0.2, 0) is 5.41 Å². The molecule has 1 unspecified atom stereocenters. The van der Waals surface area contributed by atoms with Crippen LogP contribution < -0.4 is 0 Å². The molecule has 0 aliphatic carbocycles. The molecular weight excluding hydrogens is 222 g/mol. The van der Waals surface area contributed by atoms with Crippen molar-refractivity contribution in [3.05, 3.63) is 16.9 Å². The van der Waals surface area contributed by atoms with Crippen LogP contribution in [0.1, 0.15) is 44.6 Å². The third-order valence-corrected chi connectivity index (χ3v) is 2.37. The Hall–Kier alpha value is -1.72. The molecule has 0 spiro atoms. The number of carbonyl (C=O) groups is 1. The molecule has 1 aromatic heterocycles. The van der Waals surface area contributed by atoms with Crippen LogP contribution in [0.25, 0.3) is 0 Å². The quantitative estimate of drug-likeness (QED) is 0.818. The molecule has 0 aliphatic heterocycles. The van der Waals surface area contributed by atoms with E-state index in [2.05, 4.69) is 10.2 Å². The van der Waals surface area contributed by atoms with Gasteiger partial charge < -0.3 is 5.11 Å². The summed E-state index contributed by atoms with van der Waals surface area (Å²) in [6.07, 6.45) is 1.23. The van der Waals surface area contributed by atoms with Crippen LogP contribution in [0.15, 0.2) is 11.5 Å². The number of hydrogen-bond donors (Lipinski definition) is 1. The van der Waals surface area contributed by atoms with Crippen LogP contribution >= 0.6 is 0 Å². The number of hydrogen-bond acceptors (Lipinski definition) is 5. The zero-order chi connectivity index (χ0) is 13.2. The molecule has 0 radical (unpaired) electrons. The number of aromatic nitrogens is 2. The van der Waals surface area contributed by atoms with Crippen molar-refractivity contribution in [2.75, 3.05) is 0 Å². The van der Waals surface area contributed by atoms with E-state index in [1.165, 1.54) is 6.33 Å². The van der Waals surface area contributed by atoms with E-state index in [1.807, 2.05) is 20.8 Å². The molecule has 0 aromatic carbocycles. The van der Waals surface area contributed by atoms with Crippen LogP contribution in [0, 0.1) is 4.91 Å². The van der Waals surface area contributed by atoms with Crippen molar-refractivity contribution in [2.24, 2.45) is 5.18 Å². The monoisotopic (exact) mass is 239 g/mol. The molecule has 0 saturated carbocycles. The fraction of sp³-hybridized carbons (Fsp3) is 0.636. The molecule has 94 valence electrons. The summed E-state index contributed by atoms with van der Waals surface area (Å²) in [5.41, 5.74) is 0.113. The molecule has 1 atom stereocenters. The molecule has 0 bridgehead atoms. The Morgan fingerprint density at radius 1 is 1.59 bits per heavy atom. The zero-order valence-electron chi connectivity index (χ0n) is 10.5. The van der Waals surface area contributed by atoms with E-state index >= 15 is 0 Å². The van der Waals surface area contributed by atoms with Gasteiger partial charge in [0, 0.05) is 5.41 Å². The fourth-order valence-corrected chi connectivity index (χ4v) is 1.44. The highest BCUT2D eigenvalue weighted by atomic mass is 16.3. The lowest BCUT2D eigenvalue weighted by Crippen LogP contribution is -2.16. The van der Waals surface area contributed by atoms with Gasteiger partial charge in [-0.3, -0.25) is 4.79 Å². The highest BCUT2D eigenvalue weighted by Gasteiger charge is 2.25. The van der Waals surface area contributed by atoms with Crippen molar-refractivity contribution in [3.8, 4) is 5.88 Å². The van der Waals surface area contributed by atoms with E-state index in [-0.39, 0.29) is 17.7 Å². The second kappa shape index (κ2) is 4.65. The molecule has 1 aromatic rings. The molecule has 1 N–H and O–H groups in total. The summed E-state index contributed by atoms with van der Waals surface area (Å²) in [5.74, 6) is -0.557. The Kier molecular flexibility index (Phi) is 3.65. The first-order chi connectivity index (χ1) is 7.77. The minimum absolute atomic E-state index is 0.0446. The first-order valence-electron chi connectivity index (χ1n) is 5.39. The van der Waals surface area contributed by atoms with Gasteiger partial charge in [-0.1, -0.05) is 25.9 Å². The van der Waals surface area contributed by atoms with Gasteiger partial charge in [0.15, 0.2) is 0 Å². The average Bonchev–Trinajstić information content (AvgIpc) is 2.59. The molecule has 0 saturated heterocycles. The molecule has 6 nitrogen and oxygen atoms in total. The van der Waals surface area contributed by atoms with Gasteiger partial charge in [-0.25, -0.2) is 9.55 Å². The standard InChI is InChI=1S/C11H17N3O3/c1-7(13-17)5-8(15)14-6-12-9(10(14)16)11(2,3)4/h6-7,16H,5H2,1-4H3. The Morgan fingerprint density at radius 3 is 2.59 bits per heavy atom. The van der Waals surface area contributed by atoms with E-state index < -0.39 is 11.9 Å². The first kappa shape index (κ1) is 13.3. The molecule has 1 heterocycles. The topological polar surface area (TPSA) is 84.6 Å². The summed E-state index contributed by atoms with van der Waals surface area (Å²) in [5, 5.41) is 12.6. The number of carbonyl (C=O) groups excluding carboxylic acids is 1. The fourth-order valence-electron chi connectivity index (χ4n) is 1.44. The summed E-state index contributed by atoms with van der Waals surface area (Å²) in [7, 11) is 0. The summed E-state index contributed by atoms with van der Waals surface area (Å²) >= 11 is 0. The van der Waals surface area contributed by atoms with Crippen molar-refractivity contribution in [1.29, 1.82) is 0 Å². The molecular formula is C11H17N3O3. The first-order valence-corrected chi connectivity index (χ1v) is 5.39. The van der Waals surface area contributed by atoms with E-state index in [0.717, 1.165) is 4.57 Å². The second-order valence-electron chi connectivity index (χ2n) is 5.09. The smallest absolute Gasteiger partial charge is 0.236 e. The predicted octanol–water partition coefficient (Wildman–Crippen LogP) is 2.07. The average molecular weight is 239 g/mol. The zero-order valence-corrected chi connectivity index (χ0v) is 10.5. The minimum Gasteiger partial charge on any atom is -0.493 e. The number of aromatic hydroxyl groups is 1. The van der Waals surface area contributed by atoms with Gasteiger partial charge in [-0.05, 0) is 6.92 Å². The molecule has 0 amide bonds. The highest BCUT2D eigenvalue weighted by molar-refractivity contribution is 5.81. The number of rotatable bonds is 3. The van der Waals surface area contributed by atoms with Gasteiger partial charge in [-0.15, -0.1) is 0 Å². The largest absolute Gasteiger partial charge is 0.493 e. The van der Waals surface area contributed by atoms with Crippen LogP contribution in [-0.4, -0.2) is 26.6 Å². The third kappa shape index (κ3) is 2.89. The normalized spacial score (nSPS) is 13.4. The van der Waals surface area contributed by atoms with E-state index in [0.29, 0.717) is 5.69 Å². The maximum absolute atomic E-state index is 11.7. The summed E-state index contributed by atoms with van der Waals surface area (Å²) < 4.78 is 1.06. The van der Waals surface area contributed by atoms with Crippen molar-refractivity contribution < 1.29 is 9.90 Å². The molecule has 6 heteroatoms. The Bertz CT molecular complexity index is 432. The van der Waals surface area contributed by atoms with E-state index in [9.17, 15) is 14.8 Å². The van der Waals surface area contributed by atoms with E-state index in [1.54, 1.807) is 6.92 Å². The molecule has 1 rings (SSSR count). The Balaban J connectivity index is 2.97. The maximum atomic E-state index is 11.7. The van der Waals surface area contributed by atoms with Crippen molar-refractivity contribution in [3.63, 3.8) is 0 Å². The van der Waals surface area contributed by atoms with Gasteiger partial charge in [-0.2, -0.15) is 4.91 Å². The van der Waals surface area contributed by atoms with Crippen LogP contribution in [0.2, 0.25) is 0 Å². The van der Waals surface area contributed by atoms with Crippen molar-refractivity contribution >= 4 is 5.91 Å². The van der Waals surface area contributed by atoms with Gasteiger partial charge >= 0.3 is 0 Å². The lowest BCUT2D eigenvalue weighted by molar-refractivity contribution is 0.0886. The van der Waals surface area contributed by atoms with E-state index in [4.69, 9.17) is 0 Å². The van der Waals surface area contributed by atoms with Crippen LogP contribution in [0.4, 0.5) is 0 Å². The minimum atomic E-state index is -0.609. The lowest BCUT2D eigenvalue weighted by Gasteiger charge is -2.15. The number of imidazole rings is 1. The molecule has 0 fully saturated rings. The number of nitrogens with zero attached hydrogens (tertiary/aromatic N) is 3. The molecule has 17 heavy (non-hydrogen) atoms. The SMILES string of the molecule is CC(CC(=O)n1cnc(C(C)(C)C)c1O)N=O. The number of nitroso groups, excluding NO2 is 1. The summed E-state index contributed by atoms with van der Waals surface area (Å²) in [4.78, 5) is 26.0.